The molecule has 0 aliphatic heterocycles. The maximum absolute atomic E-state index is 12.0. The molecule has 0 saturated carbocycles. The van der Waals surface area contributed by atoms with Crippen molar-refractivity contribution in [3.8, 4) is 0 Å². The van der Waals surface area contributed by atoms with E-state index in [1.165, 1.54) is 24.3 Å². The van der Waals surface area contributed by atoms with Crippen LogP contribution < -0.4 is 10.6 Å². The SMILES string of the molecule is CC(C)(C)OC(=O)NC(=Nc1cccc(C(=O)O)c1)NC(=O)OC(C)(C)C. The second-order valence-corrected chi connectivity index (χ2v) is 7.57. The van der Waals surface area contributed by atoms with Crippen molar-refractivity contribution in [3.05, 3.63) is 29.8 Å². The molecule has 3 N–H and O–H groups in total. The van der Waals surface area contributed by atoms with E-state index >= 15 is 0 Å². The number of amides is 2. The number of hydrogen-bond donors (Lipinski definition) is 3. The highest BCUT2D eigenvalue weighted by molar-refractivity contribution is 6.02. The van der Waals surface area contributed by atoms with Gasteiger partial charge in [-0.05, 0) is 59.7 Å². The van der Waals surface area contributed by atoms with E-state index in [9.17, 15) is 14.4 Å². The van der Waals surface area contributed by atoms with Gasteiger partial charge in [-0.1, -0.05) is 6.07 Å². The number of carboxylic acid groups (broad SMARTS) is 1. The molecule has 0 fully saturated rings. The van der Waals surface area contributed by atoms with E-state index in [2.05, 4.69) is 15.6 Å². The average Bonchev–Trinajstić information content (AvgIpc) is 2.42. The molecule has 148 valence electrons. The van der Waals surface area contributed by atoms with Gasteiger partial charge in [-0.2, -0.15) is 0 Å². The maximum atomic E-state index is 12.0. The Balaban J connectivity index is 3.09. The number of carbonyl (C=O) groups excluding carboxylic acids is 2. The molecule has 1 aromatic carbocycles. The summed E-state index contributed by atoms with van der Waals surface area (Å²) < 4.78 is 10.3. The first kappa shape index (κ1) is 21.9. The Bertz CT molecular complexity index is 712. The molecule has 1 rings (SSSR count). The van der Waals surface area contributed by atoms with Crippen LogP contribution in [0.4, 0.5) is 15.3 Å². The lowest BCUT2D eigenvalue weighted by molar-refractivity contribution is 0.0543. The highest BCUT2D eigenvalue weighted by Gasteiger charge is 2.21. The van der Waals surface area contributed by atoms with Gasteiger partial charge in [0, 0.05) is 0 Å². The Kier molecular flexibility index (Phi) is 6.93. The Labute approximate surface area is 157 Å². The van der Waals surface area contributed by atoms with Crippen molar-refractivity contribution >= 4 is 29.8 Å². The number of ether oxygens (including phenoxy) is 2. The van der Waals surface area contributed by atoms with Gasteiger partial charge in [0.05, 0.1) is 11.3 Å². The van der Waals surface area contributed by atoms with Gasteiger partial charge >= 0.3 is 18.2 Å². The predicted molar refractivity (Wildman–Crippen MR) is 99.2 cm³/mol. The summed E-state index contributed by atoms with van der Waals surface area (Å²) in [6.07, 6.45) is -1.68. The average molecular weight is 379 g/mol. The van der Waals surface area contributed by atoms with Crippen molar-refractivity contribution in [1.29, 1.82) is 0 Å². The highest BCUT2D eigenvalue weighted by atomic mass is 16.6. The van der Waals surface area contributed by atoms with Crippen molar-refractivity contribution in [1.82, 2.24) is 10.6 Å². The first-order chi connectivity index (χ1) is 12.2. The Morgan fingerprint density at radius 3 is 1.81 bits per heavy atom. The fraction of sp³-hybridized carbons (Fsp3) is 0.444. The second-order valence-electron chi connectivity index (χ2n) is 7.57. The van der Waals surface area contributed by atoms with E-state index in [1.807, 2.05) is 0 Å². The number of aliphatic imine (C=N–C) groups is 1. The molecule has 0 heterocycles. The molecular weight excluding hydrogens is 354 g/mol. The summed E-state index contributed by atoms with van der Waals surface area (Å²) in [5.41, 5.74) is -1.31. The van der Waals surface area contributed by atoms with Gasteiger partial charge in [0.15, 0.2) is 0 Å². The standard InChI is InChI=1S/C18H25N3O6/c1-17(2,3)26-15(24)20-14(21-16(25)27-18(4,5)6)19-12-9-7-8-11(10-12)13(22)23/h7-10H,1-6H3,(H,22,23)(H2,19,20,21,24,25). The Hall–Kier alpha value is -3.10. The molecule has 2 amide bonds. The number of hydrogen-bond acceptors (Lipinski definition) is 6. The number of carbonyl (C=O) groups is 3. The molecule has 0 aliphatic carbocycles. The predicted octanol–water partition coefficient (Wildman–Crippen LogP) is 3.42. The lowest BCUT2D eigenvalue weighted by Gasteiger charge is -2.22. The monoisotopic (exact) mass is 379 g/mol. The molecule has 0 unspecified atom stereocenters. The molecule has 0 saturated heterocycles. The number of aromatic carboxylic acids is 1. The van der Waals surface area contributed by atoms with Gasteiger partial charge < -0.3 is 14.6 Å². The summed E-state index contributed by atoms with van der Waals surface area (Å²) in [4.78, 5) is 39.2. The maximum Gasteiger partial charge on any atom is 0.414 e. The first-order valence-corrected chi connectivity index (χ1v) is 8.17. The van der Waals surface area contributed by atoms with Crippen LogP contribution in [0.3, 0.4) is 0 Å². The fourth-order valence-corrected chi connectivity index (χ4v) is 1.73. The molecule has 0 bridgehead atoms. The zero-order valence-electron chi connectivity index (χ0n) is 16.2. The largest absolute Gasteiger partial charge is 0.478 e. The van der Waals surface area contributed by atoms with Crippen LogP contribution in [0.25, 0.3) is 0 Å². The van der Waals surface area contributed by atoms with E-state index in [-0.39, 0.29) is 17.2 Å². The molecule has 0 atom stereocenters. The van der Waals surface area contributed by atoms with Gasteiger partial charge in [0.25, 0.3) is 0 Å². The number of rotatable bonds is 2. The van der Waals surface area contributed by atoms with Gasteiger partial charge in [-0.3, -0.25) is 10.6 Å². The van der Waals surface area contributed by atoms with E-state index < -0.39 is 29.4 Å². The fourth-order valence-electron chi connectivity index (χ4n) is 1.73. The van der Waals surface area contributed by atoms with Gasteiger partial charge in [-0.25, -0.2) is 19.4 Å². The van der Waals surface area contributed by atoms with Gasteiger partial charge in [0.1, 0.15) is 11.2 Å². The molecule has 1 aromatic rings. The minimum Gasteiger partial charge on any atom is -0.478 e. The third kappa shape index (κ3) is 9.24. The third-order valence-electron chi connectivity index (χ3n) is 2.57. The van der Waals surface area contributed by atoms with Crippen molar-refractivity contribution in [2.75, 3.05) is 0 Å². The molecule has 9 heteroatoms. The number of carboxylic acids is 1. The van der Waals surface area contributed by atoms with Crippen molar-refractivity contribution in [3.63, 3.8) is 0 Å². The van der Waals surface area contributed by atoms with E-state index in [0.29, 0.717) is 0 Å². The summed E-state index contributed by atoms with van der Waals surface area (Å²) in [6, 6.07) is 5.68. The summed E-state index contributed by atoms with van der Waals surface area (Å²) in [5, 5.41) is 13.7. The van der Waals surface area contributed by atoms with Crippen molar-refractivity contribution in [2.24, 2.45) is 4.99 Å². The van der Waals surface area contributed by atoms with Crippen LogP contribution in [-0.2, 0) is 9.47 Å². The van der Waals surface area contributed by atoms with Crippen LogP contribution in [-0.4, -0.2) is 40.4 Å². The minimum absolute atomic E-state index is 0.00476. The minimum atomic E-state index is -1.13. The molecule has 0 aromatic heterocycles. The number of benzene rings is 1. The smallest absolute Gasteiger partial charge is 0.414 e. The van der Waals surface area contributed by atoms with E-state index in [1.54, 1.807) is 41.5 Å². The lowest BCUT2D eigenvalue weighted by atomic mass is 10.2. The lowest BCUT2D eigenvalue weighted by Crippen LogP contribution is -2.47. The van der Waals surface area contributed by atoms with Crippen LogP contribution in [0, 0.1) is 0 Å². The zero-order valence-corrected chi connectivity index (χ0v) is 16.2. The highest BCUT2D eigenvalue weighted by Crippen LogP contribution is 2.14. The van der Waals surface area contributed by atoms with Crippen LogP contribution in [0.2, 0.25) is 0 Å². The summed E-state index contributed by atoms with van der Waals surface area (Å²) in [6.45, 7) is 10.1. The van der Waals surface area contributed by atoms with Gasteiger partial charge in [-0.15, -0.1) is 0 Å². The molecule has 0 aliphatic rings. The Morgan fingerprint density at radius 1 is 0.926 bits per heavy atom. The number of guanidine groups is 1. The second kappa shape index (κ2) is 8.52. The third-order valence-corrected chi connectivity index (χ3v) is 2.57. The quantitative estimate of drug-likeness (QED) is 0.534. The first-order valence-electron chi connectivity index (χ1n) is 8.17. The number of nitrogens with one attached hydrogen (secondary N) is 2. The van der Waals surface area contributed by atoms with E-state index in [4.69, 9.17) is 14.6 Å². The van der Waals surface area contributed by atoms with Crippen molar-refractivity contribution in [2.45, 2.75) is 52.7 Å². The molecule has 27 heavy (non-hydrogen) atoms. The van der Waals surface area contributed by atoms with Crippen LogP contribution in [0.5, 0.6) is 0 Å². The summed E-state index contributed by atoms with van der Waals surface area (Å²) in [7, 11) is 0. The number of alkyl carbamates (subject to hydrolysis) is 2. The molecule has 9 nitrogen and oxygen atoms in total. The normalized spacial score (nSPS) is 11.2. The Morgan fingerprint density at radius 2 is 1.41 bits per heavy atom. The van der Waals surface area contributed by atoms with Crippen LogP contribution in [0.1, 0.15) is 51.9 Å². The van der Waals surface area contributed by atoms with Crippen LogP contribution >= 0.6 is 0 Å². The van der Waals surface area contributed by atoms with Crippen molar-refractivity contribution < 1.29 is 29.0 Å². The van der Waals surface area contributed by atoms with Gasteiger partial charge in [0.2, 0.25) is 5.96 Å². The summed E-state index contributed by atoms with van der Waals surface area (Å²) in [5.74, 6) is -1.39. The molecule has 0 spiro atoms. The van der Waals surface area contributed by atoms with Crippen LogP contribution in [0.15, 0.2) is 29.3 Å². The number of nitrogens with zero attached hydrogens (tertiary/aromatic N) is 1. The summed E-state index contributed by atoms with van der Waals surface area (Å²) >= 11 is 0. The zero-order chi connectivity index (χ0) is 20.8. The van der Waals surface area contributed by atoms with E-state index in [0.717, 1.165) is 0 Å². The molecular formula is C18H25N3O6. The topological polar surface area (TPSA) is 126 Å². The molecule has 0 radical (unpaired) electrons.